The molecule has 6 nitrogen and oxygen atoms in total. The van der Waals surface area contributed by atoms with Crippen LogP contribution in [0.25, 0.3) is 0 Å². The Balaban J connectivity index is 4.24. The standard InChI is InChI=1S/C11H20N2O4/c1-4-6-13(8-11(16)17-5-2)10(15)7-12-9(3)14/h4-8H2,1-3H3,(H,12,14). The Morgan fingerprint density at radius 1 is 1.24 bits per heavy atom. The van der Waals surface area contributed by atoms with Gasteiger partial charge in [-0.2, -0.15) is 0 Å². The highest BCUT2D eigenvalue weighted by molar-refractivity contribution is 5.86. The molecule has 0 aromatic rings. The topological polar surface area (TPSA) is 75.7 Å². The zero-order valence-electron chi connectivity index (χ0n) is 10.6. The average Bonchev–Trinajstić information content (AvgIpc) is 2.25. The molecule has 0 heterocycles. The van der Waals surface area contributed by atoms with Gasteiger partial charge in [-0.05, 0) is 13.3 Å². The molecule has 6 heteroatoms. The minimum absolute atomic E-state index is 0.0693. The molecule has 0 bridgehead atoms. The van der Waals surface area contributed by atoms with Crippen molar-refractivity contribution in [3.8, 4) is 0 Å². The van der Waals surface area contributed by atoms with E-state index in [1.165, 1.54) is 11.8 Å². The van der Waals surface area contributed by atoms with E-state index < -0.39 is 5.97 Å². The van der Waals surface area contributed by atoms with Crippen LogP contribution in [0.4, 0.5) is 0 Å². The highest BCUT2D eigenvalue weighted by Gasteiger charge is 2.16. The molecule has 0 atom stereocenters. The zero-order valence-corrected chi connectivity index (χ0v) is 10.6. The van der Waals surface area contributed by atoms with Gasteiger partial charge in [0.15, 0.2) is 0 Å². The second-order valence-electron chi connectivity index (χ2n) is 3.53. The second-order valence-corrected chi connectivity index (χ2v) is 3.53. The summed E-state index contributed by atoms with van der Waals surface area (Å²) in [5.41, 5.74) is 0. The van der Waals surface area contributed by atoms with E-state index in [1.54, 1.807) is 6.92 Å². The molecule has 0 rings (SSSR count). The smallest absolute Gasteiger partial charge is 0.325 e. The molecule has 98 valence electrons. The molecule has 1 N–H and O–H groups in total. The van der Waals surface area contributed by atoms with Gasteiger partial charge in [-0.3, -0.25) is 14.4 Å². The van der Waals surface area contributed by atoms with E-state index in [0.29, 0.717) is 13.2 Å². The molecule has 0 aliphatic heterocycles. The number of nitrogens with one attached hydrogen (secondary N) is 1. The fourth-order valence-corrected chi connectivity index (χ4v) is 1.24. The third kappa shape index (κ3) is 7.32. The molecular weight excluding hydrogens is 224 g/mol. The van der Waals surface area contributed by atoms with Crippen LogP contribution in [0.3, 0.4) is 0 Å². The van der Waals surface area contributed by atoms with Crippen molar-refractivity contribution in [1.29, 1.82) is 0 Å². The lowest BCUT2D eigenvalue weighted by molar-refractivity contribution is -0.148. The molecule has 0 aliphatic rings. The lowest BCUT2D eigenvalue weighted by atomic mass is 10.3. The van der Waals surface area contributed by atoms with Crippen molar-refractivity contribution in [2.24, 2.45) is 0 Å². The average molecular weight is 244 g/mol. The van der Waals surface area contributed by atoms with E-state index in [-0.39, 0.29) is 24.9 Å². The monoisotopic (exact) mass is 244 g/mol. The number of amides is 2. The highest BCUT2D eigenvalue weighted by Crippen LogP contribution is 1.94. The van der Waals surface area contributed by atoms with Gasteiger partial charge < -0.3 is 15.0 Å². The Labute approximate surface area is 101 Å². The van der Waals surface area contributed by atoms with Gasteiger partial charge in [-0.15, -0.1) is 0 Å². The van der Waals surface area contributed by atoms with Gasteiger partial charge in [0.1, 0.15) is 6.54 Å². The lowest BCUT2D eigenvalue weighted by Crippen LogP contribution is -2.42. The number of carbonyl (C=O) groups excluding carboxylic acids is 3. The van der Waals surface area contributed by atoms with Crippen molar-refractivity contribution < 1.29 is 19.1 Å². The molecule has 0 aromatic carbocycles. The number of carbonyl (C=O) groups is 3. The number of rotatable bonds is 7. The molecule has 0 aromatic heterocycles. The largest absolute Gasteiger partial charge is 0.465 e. The van der Waals surface area contributed by atoms with E-state index in [2.05, 4.69) is 5.32 Å². The minimum atomic E-state index is -0.433. The molecule has 0 fully saturated rings. The zero-order chi connectivity index (χ0) is 13.3. The normalized spacial score (nSPS) is 9.59. The van der Waals surface area contributed by atoms with E-state index in [9.17, 15) is 14.4 Å². The first-order chi connectivity index (χ1) is 8.01. The van der Waals surface area contributed by atoms with Crippen LogP contribution < -0.4 is 5.32 Å². The maximum atomic E-state index is 11.7. The van der Waals surface area contributed by atoms with E-state index in [4.69, 9.17) is 4.74 Å². The maximum Gasteiger partial charge on any atom is 0.325 e. The predicted octanol–water partition coefficient (Wildman–Crippen LogP) is -0.0758. The predicted molar refractivity (Wildman–Crippen MR) is 62.2 cm³/mol. The fourth-order valence-electron chi connectivity index (χ4n) is 1.24. The van der Waals surface area contributed by atoms with Crippen LogP contribution in [-0.2, 0) is 19.1 Å². The van der Waals surface area contributed by atoms with Crippen LogP contribution in [0, 0.1) is 0 Å². The number of ether oxygens (including phenoxy) is 1. The van der Waals surface area contributed by atoms with E-state index in [0.717, 1.165) is 6.42 Å². The van der Waals surface area contributed by atoms with Gasteiger partial charge in [-0.25, -0.2) is 0 Å². The first kappa shape index (κ1) is 15.4. The Morgan fingerprint density at radius 2 is 1.88 bits per heavy atom. The van der Waals surface area contributed by atoms with Crippen LogP contribution >= 0.6 is 0 Å². The molecule has 0 spiro atoms. The summed E-state index contributed by atoms with van der Waals surface area (Å²) in [5, 5.41) is 2.41. The quantitative estimate of drug-likeness (QED) is 0.636. The molecule has 17 heavy (non-hydrogen) atoms. The lowest BCUT2D eigenvalue weighted by Gasteiger charge is -2.21. The van der Waals surface area contributed by atoms with Crippen molar-refractivity contribution in [3.05, 3.63) is 0 Å². The number of hydrogen-bond donors (Lipinski definition) is 1. The molecule has 2 amide bonds. The second kappa shape index (κ2) is 8.55. The number of esters is 1. The minimum Gasteiger partial charge on any atom is -0.465 e. The molecule has 0 saturated carbocycles. The third-order valence-corrected chi connectivity index (χ3v) is 1.96. The van der Waals surface area contributed by atoms with Crippen molar-refractivity contribution in [1.82, 2.24) is 10.2 Å². The van der Waals surface area contributed by atoms with Gasteiger partial charge in [0.25, 0.3) is 0 Å². The Hall–Kier alpha value is -1.59. The summed E-state index contributed by atoms with van der Waals surface area (Å²) in [6, 6.07) is 0. The third-order valence-electron chi connectivity index (χ3n) is 1.96. The molecule has 0 unspecified atom stereocenters. The first-order valence-electron chi connectivity index (χ1n) is 5.69. The van der Waals surface area contributed by atoms with Crippen molar-refractivity contribution in [2.45, 2.75) is 27.2 Å². The van der Waals surface area contributed by atoms with Crippen LogP contribution in [-0.4, -0.2) is 48.9 Å². The van der Waals surface area contributed by atoms with Crippen LogP contribution in [0.1, 0.15) is 27.2 Å². The van der Waals surface area contributed by atoms with Crippen molar-refractivity contribution >= 4 is 17.8 Å². The van der Waals surface area contributed by atoms with Crippen LogP contribution in [0.5, 0.6) is 0 Å². The summed E-state index contributed by atoms with van der Waals surface area (Å²) in [7, 11) is 0. The van der Waals surface area contributed by atoms with Crippen molar-refractivity contribution in [2.75, 3.05) is 26.2 Å². The molecule has 0 radical (unpaired) electrons. The van der Waals surface area contributed by atoms with Gasteiger partial charge in [0.2, 0.25) is 11.8 Å². The molecular formula is C11H20N2O4. The van der Waals surface area contributed by atoms with Gasteiger partial charge >= 0.3 is 5.97 Å². The Bertz CT molecular complexity index is 279. The van der Waals surface area contributed by atoms with Gasteiger partial charge in [0.05, 0.1) is 13.2 Å². The first-order valence-corrected chi connectivity index (χ1v) is 5.69. The van der Waals surface area contributed by atoms with Gasteiger partial charge in [-0.1, -0.05) is 6.92 Å². The van der Waals surface area contributed by atoms with E-state index in [1.807, 2.05) is 6.92 Å². The van der Waals surface area contributed by atoms with Gasteiger partial charge in [0, 0.05) is 13.5 Å². The van der Waals surface area contributed by atoms with E-state index >= 15 is 0 Å². The summed E-state index contributed by atoms with van der Waals surface area (Å²) < 4.78 is 4.77. The summed E-state index contributed by atoms with van der Waals surface area (Å²) in [6.45, 7) is 5.55. The summed E-state index contributed by atoms with van der Waals surface area (Å²) in [6.07, 6.45) is 0.741. The summed E-state index contributed by atoms with van der Waals surface area (Å²) >= 11 is 0. The number of nitrogens with zero attached hydrogens (tertiary/aromatic N) is 1. The summed E-state index contributed by atoms with van der Waals surface area (Å²) in [4.78, 5) is 35.0. The SMILES string of the molecule is CCCN(CC(=O)OCC)C(=O)CNC(C)=O. The molecule has 0 aliphatic carbocycles. The van der Waals surface area contributed by atoms with Crippen LogP contribution in [0.15, 0.2) is 0 Å². The number of hydrogen-bond acceptors (Lipinski definition) is 4. The maximum absolute atomic E-state index is 11.7. The Kier molecular flexibility index (Phi) is 7.75. The van der Waals surface area contributed by atoms with Crippen LogP contribution in [0.2, 0.25) is 0 Å². The Morgan fingerprint density at radius 3 is 2.35 bits per heavy atom. The fraction of sp³-hybridized carbons (Fsp3) is 0.727. The summed E-state index contributed by atoms with van der Waals surface area (Å²) in [5.74, 6) is -0.988. The van der Waals surface area contributed by atoms with Crippen molar-refractivity contribution in [3.63, 3.8) is 0 Å². The highest BCUT2D eigenvalue weighted by atomic mass is 16.5. The molecule has 0 saturated heterocycles.